The molecule has 182 valence electrons. The maximum Gasteiger partial charge on any atom is 0.353 e. The van der Waals surface area contributed by atoms with Gasteiger partial charge in [-0.15, -0.1) is 11.8 Å². The predicted octanol–water partition coefficient (Wildman–Crippen LogP) is -0.665. The quantitative estimate of drug-likeness (QED) is 0.348. The third-order valence-corrected chi connectivity index (χ3v) is 8.93. The molecule has 4 rings (SSSR count). The molecule has 0 aliphatic carbocycles. The molecule has 0 saturated carbocycles. The molecule has 4 aliphatic rings. The van der Waals surface area contributed by atoms with Crippen LogP contribution in [0.1, 0.15) is 33.6 Å². The molecule has 10 nitrogen and oxygen atoms in total. The first-order valence-electron chi connectivity index (χ1n) is 11.5. The number of carbonyl (C=O) groups excluding carboxylic acids is 3. The van der Waals surface area contributed by atoms with Crippen molar-refractivity contribution in [3.05, 3.63) is 10.6 Å². The van der Waals surface area contributed by atoms with E-state index in [4.69, 9.17) is 11.5 Å². The van der Waals surface area contributed by atoms with E-state index in [-0.39, 0.29) is 70.5 Å². The maximum absolute atomic E-state index is 12.9. The summed E-state index contributed by atoms with van der Waals surface area (Å²) in [7, 11) is 0. The number of β-lactam (4-membered cyclic amide) rings is 1. The first kappa shape index (κ1) is 24.2. The molecule has 0 aromatic carbocycles. The molecular weight excluding hydrogens is 446 g/mol. The lowest BCUT2D eigenvalue weighted by Crippen LogP contribution is -2.62. The van der Waals surface area contributed by atoms with Crippen LogP contribution in [0, 0.1) is 17.8 Å². The molecule has 6 N–H and O–H groups in total. The number of carboxylic acid groups (broad SMARTS) is 1. The number of nitrogens with one attached hydrogen (secondary N) is 1. The summed E-state index contributed by atoms with van der Waals surface area (Å²) < 4.78 is 0. The van der Waals surface area contributed by atoms with Crippen molar-refractivity contribution in [2.24, 2.45) is 29.2 Å². The normalized spacial score (nSPS) is 36.8. The van der Waals surface area contributed by atoms with Crippen LogP contribution in [-0.4, -0.2) is 87.5 Å². The van der Waals surface area contributed by atoms with Crippen LogP contribution in [0.15, 0.2) is 10.6 Å². The average Bonchev–Trinajstić information content (AvgIpc) is 3.38. The fourth-order valence-electron chi connectivity index (χ4n) is 5.76. The summed E-state index contributed by atoms with van der Waals surface area (Å²) in [6.07, 6.45) is 0.870. The Balaban J connectivity index is 1.45. The number of thioether (sulfide) groups is 1. The minimum absolute atomic E-state index is 0.0117. The monoisotopic (exact) mass is 479 g/mol. The molecule has 4 heterocycles. The number of carbonyl (C=O) groups is 4. The molecule has 11 heteroatoms. The first-order chi connectivity index (χ1) is 15.5. The van der Waals surface area contributed by atoms with Crippen LogP contribution in [0.3, 0.4) is 0 Å². The smallest absolute Gasteiger partial charge is 0.353 e. The molecule has 3 saturated heterocycles. The number of fused-ring (bicyclic) bond motifs is 1. The van der Waals surface area contributed by atoms with Gasteiger partial charge in [0.1, 0.15) is 11.5 Å². The third-order valence-electron chi connectivity index (χ3n) is 7.42. The predicted molar refractivity (Wildman–Crippen MR) is 123 cm³/mol. The lowest BCUT2D eigenvalue weighted by Gasteiger charge is -2.47. The Kier molecular flexibility index (Phi) is 6.60. The van der Waals surface area contributed by atoms with E-state index in [2.05, 4.69) is 5.32 Å². The number of ketones is 1. The highest BCUT2D eigenvalue weighted by molar-refractivity contribution is 8.03. The number of carboxylic acids is 1. The zero-order valence-corrected chi connectivity index (χ0v) is 20.0. The summed E-state index contributed by atoms with van der Waals surface area (Å²) in [4.78, 5) is 53.2. The minimum Gasteiger partial charge on any atom is -0.477 e. The molecule has 2 amide bonds. The van der Waals surface area contributed by atoms with Gasteiger partial charge in [-0.1, -0.05) is 13.8 Å². The van der Waals surface area contributed by atoms with Gasteiger partial charge >= 0.3 is 5.97 Å². The molecule has 3 fully saturated rings. The van der Waals surface area contributed by atoms with Crippen molar-refractivity contribution in [3.8, 4) is 0 Å². The van der Waals surface area contributed by atoms with Gasteiger partial charge in [0.25, 0.3) is 0 Å². The molecule has 0 aromatic heterocycles. The number of aliphatic carboxylic acids is 1. The first-order valence-corrected chi connectivity index (χ1v) is 12.4. The largest absolute Gasteiger partial charge is 0.477 e. The fraction of sp³-hybridized carbons (Fsp3) is 0.727. The van der Waals surface area contributed by atoms with Gasteiger partial charge < -0.3 is 36.5 Å². The van der Waals surface area contributed by atoms with Crippen molar-refractivity contribution < 1.29 is 24.3 Å². The van der Waals surface area contributed by atoms with E-state index in [0.29, 0.717) is 37.4 Å². The summed E-state index contributed by atoms with van der Waals surface area (Å²) in [6, 6.07) is -1.03. The van der Waals surface area contributed by atoms with Gasteiger partial charge in [0.15, 0.2) is 0 Å². The second kappa shape index (κ2) is 9.01. The van der Waals surface area contributed by atoms with E-state index in [1.165, 1.54) is 23.6 Å². The van der Waals surface area contributed by atoms with Crippen molar-refractivity contribution >= 4 is 35.3 Å². The molecule has 0 unspecified atom stereocenters. The van der Waals surface area contributed by atoms with Gasteiger partial charge in [0.05, 0.1) is 18.0 Å². The minimum atomic E-state index is -1.11. The van der Waals surface area contributed by atoms with Crippen LogP contribution in [-0.2, 0) is 19.2 Å². The molecule has 0 bridgehead atoms. The van der Waals surface area contributed by atoms with E-state index >= 15 is 0 Å². The Morgan fingerprint density at radius 1 is 1.24 bits per heavy atom. The van der Waals surface area contributed by atoms with E-state index in [9.17, 15) is 24.3 Å². The van der Waals surface area contributed by atoms with Crippen LogP contribution in [0.25, 0.3) is 0 Å². The highest BCUT2D eigenvalue weighted by Crippen LogP contribution is 2.53. The lowest BCUT2D eigenvalue weighted by molar-refractivity contribution is -0.160. The summed E-state index contributed by atoms with van der Waals surface area (Å²) in [5.41, 5.74) is 11.9. The number of rotatable bonds is 7. The van der Waals surface area contributed by atoms with Gasteiger partial charge in [-0.25, -0.2) is 4.79 Å². The molecule has 0 spiro atoms. The molecule has 33 heavy (non-hydrogen) atoms. The van der Waals surface area contributed by atoms with E-state index in [1.807, 2.05) is 13.8 Å². The zero-order valence-electron chi connectivity index (χ0n) is 19.2. The Morgan fingerprint density at radius 3 is 2.45 bits per heavy atom. The van der Waals surface area contributed by atoms with E-state index in [1.54, 1.807) is 4.90 Å². The summed E-state index contributed by atoms with van der Waals surface area (Å²) in [5.74, 6) is -1.95. The summed E-state index contributed by atoms with van der Waals surface area (Å²) in [5, 5.41) is 13.2. The van der Waals surface area contributed by atoms with E-state index < -0.39 is 5.97 Å². The van der Waals surface area contributed by atoms with Crippen molar-refractivity contribution in [3.63, 3.8) is 0 Å². The number of nitrogens with two attached hydrogens (primary N) is 2. The maximum atomic E-state index is 12.9. The standard InChI is InChI=1S/C22H33N5O5S/c1-9(4-10(2)28)16-17-11(3)19(18(22(31)32)27(17)21(16)30)33-12-5-15(25-6-12)20(29)26-7-13(23)14(24)8-26/h9,11-17,25H,4-8,23-24H2,1-3H3,(H,31,32)/t9-,11+,12-,13-,14+,15-,16+,17+/m0/s1. The number of nitrogens with zero attached hydrogens (tertiary/aromatic N) is 2. The van der Waals surface area contributed by atoms with Crippen molar-refractivity contribution in [2.45, 2.75) is 63.0 Å². The Morgan fingerprint density at radius 2 is 1.88 bits per heavy atom. The van der Waals surface area contributed by atoms with E-state index in [0.717, 1.165) is 0 Å². The number of hydrogen-bond acceptors (Lipinski definition) is 8. The second-order valence-electron chi connectivity index (χ2n) is 9.92. The average molecular weight is 480 g/mol. The molecule has 0 radical (unpaired) electrons. The lowest BCUT2D eigenvalue weighted by atomic mass is 9.73. The molecule has 0 aromatic rings. The third kappa shape index (κ3) is 4.20. The van der Waals surface area contributed by atoms with Gasteiger partial charge in [0.2, 0.25) is 11.8 Å². The number of hydrogen-bond donors (Lipinski definition) is 4. The Labute approximate surface area is 197 Å². The highest BCUT2D eigenvalue weighted by atomic mass is 32.2. The molecule has 8 atom stereocenters. The fourth-order valence-corrected chi connectivity index (χ4v) is 7.24. The summed E-state index contributed by atoms with van der Waals surface area (Å²) in [6.45, 7) is 6.80. The zero-order chi connectivity index (χ0) is 24.2. The number of amides is 2. The van der Waals surface area contributed by atoms with Gasteiger partial charge in [-0.2, -0.15) is 0 Å². The van der Waals surface area contributed by atoms with Gasteiger partial charge in [0, 0.05) is 54.2 Å². The highest BCUT2D eigenvalue weighted by Gasteiger charge is 2.60. The van der Waals surface area contributed by atoms with Crippen LogP contribution in [0.5, 0.6) is 0 Å². The Hall–Kier alpha value is -1.95. The van der Waals surface area contributed by atoms with Crippen LogP contribution < -0.4 is 16.8 Å². The van der Waals surface area contributed by atoms with Crippen LogP contribution in [0.4, 0.5) is 0 Å². The SMILES string of the molecule is CC(=O)C[C@H](C)[C@H]1C(=O)N2C(C(=O)O)=C(S[C@@H]3CN[C@H](C(=O)N4C[C@@H](N)[C@@H](N)C4)C3)[C@H](C)[C@H]12. The molecule has 4 aliphatic heterocycles. The second-order valence-corrected chi connectivity index (χ2v) is 11.3. The topological polar surface area (TPSA) is 159 Å². The number of Topliss-reactive ketones (excluding diaryl/α,β-unsaturated/α-hetero) is 1. The van der Waals surface area contributed by atoms with Crippen molar-refractivity contribution in [2.75, 3.05) is 19.6 Å². The number of likely N-dealkylation sites (tertiary alicyclic amines) is 1. The summed E-state index contributed by atoms with van der Waals surface area (Å²) >= 11 is 1.46. The van der Waals surface area contributed by atoms with Gasteiger partial charge in [-0.3, -0.25) is 9.59 Å². The molecular formula is C22H33N5O5S. The Bertz CT molecular complexity index is 900. The van der Waals surface area contributed by atoms with Gasteiger partial charge in [-0.05, 0) is 19.3 Å². The van der Waals surface area contributed by atoms with Crippen molar-refractivity contribution in [1.29, 1.82) is 0 Å². The van der Waals surface area contributed by atoms with Crippen LogP contribution >= 0.6 is 11.8 Å². The van der Waals surface area contributed by atoms with Crippen molar-refractivity contribution in [1.82, 2.24) is 15.1 Å². The van der Waals surface area contributed by atoms with Crippen LogP contribution in [0.2, 0.25) is 0 Å².